The minimum Gasteiger partial charge on any atom is -0.501 e. The van der Waals surface area contributed by atoms with Gasteiger partial charge in [-0.25, -0.2) is 9.97 Å². The van der Waals surface area contributed by atoms with Crippen molar-refractivity contribution in [3.05, 3.63) is 84.0 Å². The van der Waals surface area contributed by atoms with Gasteiger partial charge in [0.1, 0.15) is 5.82 Å². The van der Waals surface area contributed by atoms with Gasteiger partial charge in [-0.3, -0.25) is 4.98 Å². The number of rotatable bonds is 6. The highest BCUT2D eigenvalue weighted by Gasteiger charge is 2.11. The molecule has 2 aromatic heterocycles. The molecule has 0 atom stereocenters. The topological polar surface area (TPSA) is 59.9 Å². The standard InChI is InChI=1S/C21H19ClN4O/c1-4-17(9-7-14(2)27-3)24-21-18-12-16(22)8-10-19(18)25-20(26-21)15-6-5-11-23-13-15/h4-13H,1H2,2-3H3,(H,24,25,26)/b14-7+,17-9+. The van der Waals surface area contributed by atoms with Crippen LogP contribution < -0.4 is 5.32 Å². The lowest BCUT2D eigenvalue weighted by molar-refractivity contribution is 0.294. The van der Waals surface area contributed by atoms with Crippen LogP contribution in [0.2, 0.25) is 5.02 Å². The zero-order valence-electron chi connectivity index (χ0n) is 15.1. The van der Waals surface area contributed by atoms with Crippen LogP contribution in [0, 0.1) is 0 Å². The maximum atomic E-state index is 6.19. The lowest BCUT2D eigenvalue weighted by Gasteiger charge is -2.12. The fourth-order valence-corrected chi connectivity index (χ4v) is 2.56. The van der Waals surface area contributed by atoms with E-state index in [-0.39, 0.29) is 0 Å². The average molecular weight is 379 g/mol. The molecular weight excluding hydrogens is 360 g/mol. The quantitative estimate of drug-likeness (QED) is 0.461. The molecule has 0 fully saturated rings. The minimum atomic E-state index is 0.576. The molecule has 3 rings (SSSR count). The third kappa shape index (κ3) is 4.51. The second kappa shape index (κ2) is 8.47. The molecule has 0 aliphatic carbocycles. The first-order chi connectivity index (χ1) is 13.1. The van der Waals surface area contributed by atoms with E-state index in [2.05, 4.69) is 26.8 Å². The third-order valence-electron chi connectivity index (χ3n) is 3.88. The molecular formula is C21H19ClN4O. The van der Waals surface area contributed by atoms with E-state index in [0.29, 0.717) is 16.7 Å². The Labute approximate surface area is 163 Å². The van der Waals surface area contributed by atoms with E-state index in [4.69, 9.17) is 16.3 Å². The maximum Gasteiger partial charge on any atom is 0.163 e. The molecule has 0 saturated carbocycles. The van der Waals surface area contributed by atoms with Gasteiger partial charge in [-0.15, -0.1) is 0 Å². The zero-order chi connectivity index (χ0) is 19.2. The molecule has 0 saturated heterocycles. The van der Waals surface area contributed by atoms with Crippen LogP contribution in [0.1, 0.15) is 6.92 Å². The zero-order valence-corrected chi connectivity index (χ0v) is 15.9. The summed E-state index contributed by atoms with van der Waals surface area (Å²) < 4.78 is 5.16. The fraction of sp³-hybridized carbons (Fsp3) is 0.0952. The summed E-state index contributed by atoms with van der Waals surface area (Å²) in [4.78, 5) is 13.5. The Balaban J connectivity index is 2.12. The number of halogens is 1. The number of pyridine rings is 1. The molecule has 0 aliphatic heterocycles. The van der Waals surface area contributed by atoms with Gasteiger partial charge in [-0.2, -0.15) is 0 Å². The van der Waals surface area contributed by atoms with Gasteiger partial charge >= 0.3 is 0 Å². The van der Waals surface area contributed by atoms with Crippen LogP contribution in [0.15, 0.2) is 79.0 Å². The fourth-order valence-electron chi connectivity index (χ4n) is 2.39. The van der Waals surface area contributed by atoms with Crippen LogP contribution in [0.25, 0.3) is 22.3 Å². The SMILES string of the molecule is C=C/C(=C\C=C(/C)OC)Nc1nc(-c2cccnc2)nc2ccc(Cl)cc12. The van der Waals surface area contributed by atoms with Crippen molar-refractivity contribution in [3.8, 4) is 11.4 Å². The number of ether oxygens (including phenoxy) is 1. The molecule has 1 N–H and O–H groups in total. The first kappa shape index (κ1) is 18.6. The summed E-state index contributed by atoms with van der Waals surface area (Å²) in [5.41, 5.74) is 2.38. The summed E-state index contributed by atoms with van der Waals surface area (Å²) in [7, 11) is 1.63. The monoisotopic (exact) mass is 378 g/mol. The van der Waals surface area contributed by atoms with E-state index in [1.807, 2.05) is 49.4 Å². The van der Waals surface area contributed by atoms with Crippen LogP contribution >= 0.6 is 11.6 Å². The number of nitrogens with one attached hydrogen (secondary N) is 1. The molecule has 0 spiro atoms. The number of benzene rings is 1. The van der Waals surface area contributed by atoms with Crippen molar-refractivity contribution < 1.29 is 4.74 Å². The normalized spacial score (nSPS) is 12.1. The van der Waals surface area contributed by atoms with Gasteiger partial charge in [-0.1, -0.05) is 18.2 Å². The van der Waals surface area contributed by atoms with Crippen molar-refractivity contribution in [2.45, 2.75) is 6.92 Å². The molecule has 2 heterocycles. The number of anilines is 1. The lowest BCUT2D eigenvalue weighted by Crippen LogP contribution is -2.03. The minimum absolute atomic E-state index is 0.576. The third-order valence-corrected chi connectivity index (χ3v) is 4.11. The number of hydrogen-bond acceptors (Lipinski definition) is 5. The van der Waals surface area contributed by atoms with Gasteiger partial charge in [-0.05, 0) is 55.5 Å². The van der Waals surface area contributed by atoms with E-state index in [1.165, 1.54) is 0 Å². The van der Waals surface area contributed by atoms with Crippen LogP contribution in [0.4, 0.5) is 5.82 Å². The van der Waals surface area contributed by atoms with E-state index < -0.39 is 0 Å². The summed E-state index contributed by atoms with van der Waals surface area (Å²) in [6.07, 6.45) is 8.88. The van der Waals surface area contributed by atoms with Crippen LogP contribution in [0.5, 0.6) is 0 Å². The van der Waals surface area contributed by atoms with Crippen molar-refractivity contribution in [3.63, 3.8) is 0 Å². The summed E-state index contributed by atoms with van der Waals surface area (Å²) in [5.74, 6) is 1.99. The first-order valence-electron chi connectivity index (χ1n) is 8.30. The van der Waals surface area contributed by atoms with Crippen LogP contribution in [0.3, 0.4) is 0 Å². The Hall–Kier alpha value is -3.18. The van der Waals surface area contributed by atoms with Crippen molar-refractivity contribution in [2.75, 3.05) is 12.4 Å². The van der Waals surface area contributed by atoms with Gasteiger partial charge in [0.15, 0.2) is 5.82 Å². The Morgan fingerprint density at radius 2 is 2.07 bits per heavy atom. The number of allylic oxidation sites excluding steroid dienone is 4. The number of nitrogens with zero attached hydrogens (tertiary/aromatic N) is 3. The molecule has 5 nitrogen and oxygen atoms in total. The number of methoxy groups -OCH3 is 1. The highest BCUT2D eigenvalue weighted by molar-refractivity contribution is 6.31. The largest absolute Gasteiger partial charge is 0.501 e. The predicted octanol–water partition coefficient (Wildman–Crippen LogP) is 5.38. The van der Waals surface area contributed by atoms with E-state index in [1.54, 1.807) is 25.6 Å². The molecule has 3 aromatic rings. The van der Waals surface area contributed by atoms with E-state index in [9.17, 15) is 0 Å². The molecule has 0 bridgehead atoms. The highest BCUT2D eigenvalue weighted by atomic mass is 35.5. The summed E-state index contributed by atoms with van der Waals surface area (Å²) in [6.45, 7) is 5.73. The average Bonchev–Trinajstić information content (AvgIpc) is 2.71. The van der Waals surface area contributed by atoms with Crippen LogP contribution in [-0.2, 0) is 4.74 Å². The van der Waals surface area contributed by atoms with Crippen molar-refractivity contribution in [2.24, 2.45) is 0 Å². The van der Waals surface area contributed by atoms with Crippen molar-refractivity contribution in [1.29, 1.82) is 0 Å². The Bertz CT molecular complexity index is 1030. The van der Waals surface area contributed by atoms with Gasteiger partial charge < -0.3 is 10.1 Å². The number of hydrogen-bond donors (Lipinski definition) is 1. The van der Waals surface area contributed by atoms with Gasteiger partial charge in [0.2, 0.25) is 0 Å². The number of fused-ring (bicyclic) bond motifs is 1. The Morgan fingerprint density at radius 3 is 2.78 bits per heavy atom. The maximum absolute atomic E-state index is 6.19. The van der Waals surface area contributed by atoms with Crippen LogP contribution in [-0.4, -0.2) is 22.1 Å². The highest BCUT2D eigenvalue weighted by Crippen LogP contribution is 2.28. The Morgan fingerprint density at radius 1 is 1.22 bits per heavy atom. The number of aromatic nitrogens is 3. The van der Waals surface area contributed by atoms with Gasteiger partial charge in [0.05, 0.1) is 18.4 Å². The second-order valence-electron chi connectivity index (χ2n) is 5.73. The summed E-state index contributed by atoms with van der Waals surface area (Å²) in [6, 6.07) is 9.29. The predicted molar refractivity (Wildman–Crippen MR) is 110 cm³/mol. The van der Waals surface area contributed by atoms with Gasteiger partial charge in [0.25, 0.3) is 0 Å². The lowest BCUT2D eigenvalue weighted by atomic mass is 10.2. The second-order valence-corrected chi connectivity index (χ2v) is 6.17. The van der Waals surface area contributed by atoms with E-state index >= 15 is 0 Å². The van der Waals surface area contributed by atoms with E-state index in [0.717, 1.165) is 27.9 Å². The summed E-state index contributed by atoms with van der Waals surface area (Å²) >= 11 is 6.19. The molecule has 0 unspecified atom stereocenters. The molecule has 1 aromatic carbocycles. The first-order valence-corrected chi connectivity index (χ1v) is 8.68. The molecule has 0 radical (unpaired) electrons. The molecule has 0 amide bonds. The van der Waals surface area contributed by atoms with Crippen molar-refractivity contribution in [1.82, 2.24) is 15.0 Å². The molecule has 0 aliphatic rings. The van der Waals surface area contributed by atoms with Gasteiger partial charge in [0, 0.05) is 34.1 Å². The molecule has 27 heavy (non-hydrogen) atoms. The Kier molecular flexibility index (Phi) is 5.84. The van der Waals surface area contributed by atoms with Crippen molar-refractivity contribution >= 4 is 28.3 Å². The smallest absolute Gasteiger partial charge is 0.163 e. The molecule has 136 valence electrons. The summed E-state index contributed by atoms with van der Waals surface area (Å²) in [5, 5.41) is 4.73. The molecule has 6 heteroatoms.